The van der Waals surface area contributed by atoms with Gasteiger partial charge in [-0.15, -0.1) is 0 Å². The molecule has 0 saturated carbocycles. The Morgan fingerprint density at radius 3 is 2.86 bits per heavy atom. The molecule has 2 atom stereocenters. The van der Waals surface area contributed by atoms with Gasteiger partial charge in [-0.25, -0.2) is 4.79 Å². The fourth-order valence-electron chi connectivity index (χ4n) is 3.77. The smallest absolute Gasteiger partial charge is 0.335 e. The van der Waals surface area contributed by atoms with Crippen LogP contribution in [0.5, 0.6) is 0 Å². The summed E-state index contributed by atoms with van der Waals surface area (Å²) in [5.41, 5.74) is 1.21. The molecule has 5 heteroatoms. The number of likely N-dealkylation sites (tertiary alicyclic amines) is 1. The Morgan fingerprint density at radius 1 is 1.33 bits per heavy atom. The maximum atomic E-state index is 11.0. The molecular formula is C16H21ClN2O2. The number of fused-ring (bicyclic) bond motifs is 1. The molecule has 2 heterocycles. The number of carbonyl (C=O) groups is 1. The van der Waals surface area contributed by atoms with Gasteiger partial charge in [0.25, 0.3) is 0 Å². The van der Waals surface area contributed by atoms with Crippen LogP contribution < -0.4 is 4.90 Å². The van der Waals surface area contributed by atoms with Gasteiger partial charge in [0.1, 0.15) is 0 Å². The molecule has 3 rings (SSSR count). The van der Waals surface area contributed by atoms with Gasteiger partial charge in [0, 0.05) is 19.1 Å². The molecule has 0 spiro atoms. The largest absolute Gasteiger partial charge is 0.478 e. The highest BCUT2D eigenvalue weighted by molar-refractivity contribution is 6.33. The van der Waals surface area contributed by atoms with Gasteiger partial charge in [-0.3, -0.25) is 0 Å². The number of carboxylic acids is 1. The maximum absolute atomic E-state index is 11.0. The minimum atomic E-state index is -0.934. The van der Waals surface area contributed by atoms with Gasteiger partial charge in [0.15, 0.2) is 0 Å². The number of hydrogen-bond donors (Lipinski definition) is 1. The lowest BCUT2D eigenvalue weighted by atomic mass is 9.84. The number of carboxylic acid groups (broad SMARTS) is 1. The summed E-state index contributed by atoms with van der Waals surface area (Å²) in [5, 5.41) is 9.56. The third-order valence-corrected chi connectivity index (χ3v) is 5.18. The van der Waals surface area contributed by atoms with Crippen LogP contribution >= 0.6 is 11.6 Å². The summed E-state index contributed by atoms with van der Waals surface area (Å²) in [4.78, 5) is 15.8. The monoisotopic (exact) mass is 308 g/mol. The van der Waals surface area contributed by atoms with Crippen LogP contribution in [-0.4, -0.2) is 48.7 Å². The van der Waals surface area contributed by atoms with E-state index in [1.165, 1.54) is 19.4 Å². The summed E-state index contributed by atoms with van der Waals surface area (Å²) in [6, 6.07) is 5.73. The number of benzene rings is 1. The van der Waals surface area contributed by atoms with Gasteiger partial charge >= 0.3 is 5.97 Å². The summed E-state index contributed by atoms with van der Waals surface area (Å²) in [7, 11) is 2.22. The van der Waals surface area contributed by atoms with Gasteiger partial charge in [-0.2, -0.15) is 0 Å². The van der Waals surface area contributed by atoms with Crippen LogP contribution in [0, 0.1) is 5.92 Å². The van der Waals surface area contributed by atoms with E-state index in [0.29, 0.717) is 17.0 Å². The van der Waals surface area contributed by atoms with Crippen molar-refractivity contribution in [3.8, 4) is 0 Å². The Labute approximate surface area is 130 Å². The van der Waals surface area contributed by atoms with Crippen LogP contribution in [0.3, 0.4) is 0 Å². The number of hydrogen-bond acceptors (Lipinski definition) is 3. The number of nitrogens with zero attached hydrogens (tertiary/aromatic N) is 2. The van der Waals surface area contributed by atoms with Gasteiger partial charge in [-0.1, -0.05) is 11.6 Å². The van der Waals surface area contributed by atoms with Crippen molar-refractivity contribution in [3.05, 3.63) is 28.8 Å². The number of halogens is 1. The van der Waals surface area contributed by atoms with Gasteiger partial charge < -0.3 is 14.9 Å². The van der Waals surface area contributed by atoms with Gasteiger partial charge in [0.2, 0.25) is 0 Å². The van der Waals surface area contributed by atoms with E-state index < -0.39 is 5.97 Å². The maximum Gasteiger partial charge on any atom is 0.335 e. The van der Waals surface area contributed by atoms with Crippen molar-refractivity contribution in [1.82, 2.24) is 4.90 Å². The number of piperidine rings is 2. The van der Waals surface area contributed by atoms with Crippen molar-refractivity contribution in [1.29, 1.82) is 0 Å². The Morgan fingerprint density at radius 2 is 2.14 bits per heavy atom. The van der Waals surface area contributed by atoms with E-state index >= 15 is 0 Å². The lowest BCUT2D eigenvalue weighted by molar-refractivity contribution is 0.0697. The van der Waals surface area contributed by atoms with Crippen molar-refractivity contribution in [2.75, 3.05) is 31.6 Å². The Hall–Kier alpha value is -1.26. The third kappa shape index (κ3) is 2.87. The molecule has 4 nitrogen and oxygen atoms in total. The first-order chi connectivity index (χ1) is 10.1. The number of rotatable bonds is 2. The minimum Gasteiger partial charge on any atom is -0.478 e. The number of anilines is 1. The second-order valence-corrected chi connectivity index (χ2v) is 6.56. The standard InChI is InChI=1S/C16H21ClN2O2/c1-18-7-2-3-12-10-19(8-6-14(12)18)15-5-4-11(16(20)21)9-13(15)17/h4-5,9,12,14H,2-3,6-8,10H2,1H3,(H,20,21). The van der Waals surface area contributed by atoms with E-state index in [-0.39, 0.29) is 5.56 Å². The van der Waals surface area contributed by atoms with Crippen LogP contribution in [0.15, 0.2) is 18.2 Å². The zero-order chi connectivity index (χ0) is 15.0. The van der Waals surface area contributed by atoms with E-state index in [1.807, 2.05) is 6.07 Å². The molecule has 1 aromatic carbocycles. The molecule has 2 saturated heterocycles. The lowest BCUT2D eigenvalue weighted by Gasteiger charge is -2.46. The summed E-state index contributed by atoms with van der Waals surface area (Å²) >= 11 is 6.30. The average molecular weight is 309 g/mol. The molecule has 0 radical (unpaired) electrons. The zero-order valence-electron chi connectivity index (χ0n) is 12.3. The highest BCUT2D eigenvalue weighted by Crippen LogP contribution is 2.35. The second kappa shape index (κ2) is 5.85. The molecule has 0 aromatic heterocycles. The average Bonchev–Trinajstić information content (AvgIpc) is 2.47. The summed E-state index contributed by atoms with van der Waals surface area (Å²) in [6.45, 7) is 3.20. The van der Waals surface area contributed by atoms with Crippen molar-refractivity contribution in [2.45, 2.75) is 25.3 Å². The zero-order valence-corrected chi connectivity index (χ0v) is 13.0. The Kier molecular flexibility index (Phi) is 4.09. The molecule has 2 fully saturated rings. The molecular weight excluding hydrogens is 288 g/mol. The van der Waals surface area contributed by atoms with E-state index in [2.05, 4.69) is 16.8 Å². The van der Waals surface area contributed by atoms with Crippen LogP contribution in [-0.2, 0) is 0 Å². The number of aromatic carboxylic acids is 1. The summed E-state index contributed by atoms with van der Waals surface area (Å²) in [6.07, 6.45) is 3.69. The van der Waals surface area contributed by atoms with Crippen LogP contribution in [0.4, 0.5) is 5.69 Å². The highest BCUT2D eigenvalue weighted by atomic mass is 35.5. The molecule has 0 aliphatic carbocycles. The van der Waals surface area contributed by atoms with Gasteiger partial charge in [0.05, 0.1) is 16.3 Å². The Balaban J connectivity index is 1.78. The molecule has 114 valence electrons. The van der Waals surface area contributed by atoms with Crippen molar-refractivity contribution in [2.24, 2.45) is 5.92 Å². The van der Waals surface area contributed by atoms with E-state index in [9.17, 15) is 4.79 Å². The first kappa shape index (κ1) is 14.7. The highest BCUT2D eigenvalue weighted by Gasteiger charge is 2.34. The molecule has 2 unspecified atom stereocenters. The Bertz CT molecular complexity index is 549. The lowest BCUT2D eigenvalue weighted by Crippen LogP contribution is -2.52. The first-order valence-corrected chi connectivity index (χ1v) is 7.92. The van der Waals surface area contributed by atoms with Gasteiger partial charge in [-0.05, 0) is 57.0 Å². The SMILES string of the molecule is CN1CCCC2CN(c3ccc(C(=O)O)cc3Cl)CCC21. The van der Waals surface area contributed by atoms with Crippen molar-refractivity contribution in [3.63, 3.8) is 0 Å². The minimum absolute atomic E-state index is 0.246. The molecule has 1 aromatic rings. The normalized spacial score (nSPS) is 26.5. The summed E-state index contributed by atoms with van der Waals surface area (Å²) in [5.74, 6) is -0.246. The van der Waals surface area contributed by atoms with E-state index in [4.69, 9.17) is 16.7 Å². The quantitative estimate of drug-likeness (QED) is 0.912. The summed E-state index contributed by atoms with van der Waals surface area (Å²) < 4.78 is 0. The fraction of sp³-hybridized carbons (Fsp3) is 0.562. The van der Waals surface area contributed by atoms with Crippen LogP contribution in [0.1, 0.15) is 29.6 Å². The van der Waals surface area contributed by atoms with E-state index in [0.717, 1.165) is 25.2 Å². The molecule has 0 amide bonds. The van der Waals surface area contributed by atoms with Crippen LogP contribution in [0.2, 0.25) is 5.02 Å². The first-order valence-electron chi connectivity index (χ1n) is 7.54. The molecule has 1 N–H and O–H groups in total. The third-order valence-electron chi connectivity index (χ3n) is 4.88. The fourth-order valence-corrected chi connectivity index (χ4v) is 4.07. The molecule has 0 bridgehead atoms. The van der Waals surface area contributed by atoms with Crippen molar-refractivity contribution >= 4 is 23.3 Å². The predicted octanol–water partition coefficient (Wildman–Crippen LogP) is 2.96. The van der Waals surface area contributed by atoms with Crippen molar-refractivity contribution < 1.29 is 9.90 Å². The van der Waals surface area contributed by atoms with Crippen LogP contribution in [0.25, 0.3) is 0 Å². The molecule has 2 aliphatic rings. The topological polar surface area (TPSA) is 43.8 Å². The predicted molar refractivity (Wildman–Crippen MR) is 84.4 cm³/mol. The molecule has 21 heavy (non-hydrogen) atoms. The van der Waals surface area contributed by atoms with E-state index in [1.54, 1.807) is 12.1 Å². The second-order valence-electron chi connectivity index (χ2n) is 6.16. The molecule has 2 aliphatic heterocycles.